The third-order valence-electron chi connectivity index (χ3n) is 3.28. The summed E-state index contributed by atoms with van der Waals surface area (Å²) in [5, 5.41) is 1.32. The molecule has 2 nitrogen and oxygen atoms in total. The molecular weight excluding hydrogens is 245 g/mol. The molecule has 2 fully saturated rings. The first-order valence-corrected chi connectivity index (χ1v) is 6.30. The molecule has 0 aromatic heterocycles. The van der Waals surface area contributed by atoms with Crippen LogP contribution in [0.2, 0.25) is 10.0 Å². The van der Waals surface area contributed by atoms with Gasteiger partial charge in [-0.3, -0.25) is 4.90 Å². The Hall–Kier alpha value is -0.280. The van der Waals surface area contributed by atoms with Crippen LogP contribution in [-0.4, -0.2) is 30.2 Å². The zero-order valence-electron chi connectivity index (χ0n) is 8.83. The van der Waals surface area contributed by atoms with E-state index >= 15 is 0 Å². The van der Waals surface area contributed by atoms with E-state index in [1.54, 1.807) is 0 Å². The fraction of sp³-hybridized carbons (Fsp3) is 0.500. The molecule has 0 spiro atoms. The summed E-state index contributed by atoms with van der Waals surface area (Å²) >= 11 is 12.2. The summed E-state index contributed by atoms with van der Waals surface area (Å²) in [6, 6.07) is 5.81. The molecule has 2 heterocycles. The summed E-state index contributed by atoms with van der Waals surface area (Å²) in [7, 11) is 0. The second-order valence-electron chi connectivity index (χ2n) is 4.45. The average Bonchev–Trinajstić information content (AvgIpc) is 3.03. The van der Waals surface area contributed by atoms with E-state index < -0.39 is 0 Å². The Labute approximate surface area is 105 Å². The van der Waals surface area contributed by atoms with Crippen molar-refractivity contribution in [3.05, 3.63) is 33.8 Å². The van der Waals surface area contributed by atoms with Crippen LogP contribution >= 0.6 is 23.2 Å². The lowest BCUT2D eigenvalue weighted by Crippen LogP contribution is -2.34. The second kappa shape index (κ2) is 4.19. The van der Waals surface area contributed by atoms with E-state index in [1.807, 2.05) is 18.2 Å². The van der Waals surface area contributed by atoms with E-state index in [4.69, 9.17) is 27.9 Å². The van der Waals surface area contributed by atoms with Gasteiger partial charge in [0.05, 0.1) is 22.3 Å². The van der Waals surface area contributed by atoms with Crippen molar-refractivity contribution in [1.82, 2.24) is 4.90 Å². The van der Waals surface area contributed by atoms with Crippen LogP contribution in [0.25, 0.3) is 0 Å². The number of likely N-dealkylation sites (tertiary alicyclic amines) is 1. The van der Waals surface area contributed by atoms with E-state index in [0.717, 1.165) is 31.6 Å². The van der Waals surface area contributed by atoms with E-state index in [2.05, 4.69) is 4.90 Å². The maximum atomic E-state index is 6.17. The van der Waals surface area contributed by atoms with Gasteiger partial charge < -0.3 is 4.74 Å². The Morgan fingerprint density at radius 3 is 3.00 bits per heavy atom. The minimum atomic E-state index is 0.465. The summed E-state index contributed by atoms with van der Waals surface area (Å²) in [5.41, 5.74) is 1.10. The maximum Gasteiger partial charge on any atom is 0.0969 e. The van der Waals surface area contributed by atoms with Crippen molar-refractivity contribution in [3.63, 3.8) is 0 Å². The molecule has 0 aliphatic carbocycles. The lowest BCUT2D eigenvalue weighted by atomic mass is 10.1. The molecule has 2 aliphatic heterocycles. The van der Waals surface area contributed by atoms with Crippen LogP contribution in [0.1, 0.15) is 12.0 Å². The van der Waals surface area contributed by atoms with Crippen molar-refractivity contribution in [2.45, 2.75) is 25.2 Å². The Bertz CT molecular complexity index is 410. The molecule has 0 N–H and O–H groups in total. The number of halogens is 2. The van der Waals surface area contributed by atoms with E-state index in [1.165, 1.54) is 0 Å². The highest BCUT2D eigenvalue weighted by Gasteiger charge is 2.43. The molecule has 1 aromatic carbocycles. The van der Waals surface area contributed by atoms with Gasteiger partial charge in [-0.05, 0) is 18.1 Å². The monoisotopic (exact) mass is 257 g/mol. The normalized spacial score (nSPS) is 28.9. The minimum Gasteiger partial charge on any atom is -0.368 e. The number of hydrogen-bond acceptors (Lipinski definition) is 2. The van der Waals surface area contributed by atoms with Gasteiger partial charge in [-0.25, -0.2) is 0 Å². The van der Waals surface area contributed by atoms with Gasteiger partial charge in [0.1, 0.15) is 0 Å². The number of epoxide rings is 1. The Morgan fingerprint density at radius 2 is 2.19 bits per heavy atom. The predicted octanol–water partition coefficient (Wildman–Crippen LogP) is 2.97. The van der Waals surface area contributed by atoms with Crippen molar-refractivity contribution >= 4 is 23.2 Å². The highest BCUT2D eigenvalue weighted by atomic mass is 35.5. The molecule has 2 atom stereocenters. The summed E-state index contributed by atoms with van der Waals surface area (Å²) in [6.07, 6.45) is 2.14. The maximum absolute atomic E-state index is 6.17. The number of fused-ring (bicyclic) bond motifs is 1. The zero-order chi connectivity index (χ0) is 11.1. The zero-order valence-corrected chi connectivity index (χ0v) is 10.3. The van der Waals surface area contributed by atoms with Gasteiger partial charge in [-0.1, -0.05) is 35.3 Å². The Morgan fingerprint density at radius 1 is 1.31 bits per heavy atom. The molecular formula is C12H13Cl2NO. The fourth-order valence-corrected chi connectivity index (χ4v) is 2.68. The van der Waals surface area contributed by atoms with Crippen LogP contribution in [0.4, 0.5) is 0 Å². The van der Waals surface area contributed by atoms with Crippen molar-refractivity contribution in [1.29, 1.82) is 0 Å². The number of hydrogen-bond donors (Lipinski definition) is 0. The van der Waals surface area contributed by atoms with Crippen LogP contribution in [-0.2, 0) is 11.3 Å². The number of nitrogens with zero attached hydrogens (tertiary/aromatic N) is 1. The van der Waals surface area contributed by atoms with Crippen molar-refractivity contribution in [3.8, 4) is 0 Å². The third-order valence-corrected chi connectivity index (χ3v) is 4.14. The molecule has 2 aliphatic rings. The molecule has 86 valence electrons. The second-order valence-corrected chi connectivity index (χ2v) is 5.23. The van der Waals surface area contributed by atoms with Gasteiger partial charge in [0.15, 0.2) is 0 Å². The summed E-state index contributed by atoms with van der Waals surface area (Å²) in [4.78, 5) is 2.38. The molecule has 0 saturated carbocycles. The minimum absolute atomic E-state index is 0.465. The fourth-order valence-electron chi connectivity index (χ4n) is 2.30. The van der Waals surface area contributed by atoms with Gasteiger partial charge >= 0.3 is 0 Å². The van der Waals surface area contributed by atoms with E-state index in [-0.39, 0.29) is 0 Å². The smallest absolute Gasteiger partial charge is 0.0969 e. The Balaban J connectivity index is 1.71. The number of ether oxygens (including phenoxy) is 1. The highest BCUT2D eigenvalue weighted by Crippen LogP contribution is 2.32. The van der Waals surface area contributed by atoms with Gasteiger partial charge in [0.2, 0.25) is 0 Å². The van der Waals surface area contributed by atoms with Crippen molar-refractivity contribution in [2.24, 2.45) is 0 Å². The third kappa shape index (κ3) is 2.07. The lowest BCUT2D eigenvalue weighted by Gasteiger charge is -2.24. The highest BCUT2D eigenvalue weighted by molar-refractivity contribution is 6.42. The number of rotatable bonds is 2. The standard InChI is InChI=1S/C12H13Cl2NO/c13-9-3-1-2-8(12(9)14)6-15-5-4-10-11(7-15)16-10/h1-3,10-11H,4-7H2/t10-,11-/m1/s1. The molecule has 1 aromatic rings. The first kappa shape index (κ1) is 10.8. The van der Waals surface area contributed by atoms with Crippen LogP contribution in [0.5, 0.6) is 0 Å². The number of piperidine rings is 1. The quantitative estimate of drug-likeness (QED) is 0.758. The first-order chi connectivity index (χ1) is 7.74. The van der Waals surface area contributed by atoms with Crippen LogP contribution < -0.4 is 0 Å². The predicted molar refractivity (Wildman–Crippen MR) is 65.0 cm³/mol. The van der Waals surface area contributed by atoms with E-state index in [0.29, 0.717) is 22.3 Å². The van der Waals surface area contributed by atoms with Crippen LogP contribution in [0.15, 0.2) is 18.2 Å². The van der Waals surface area contributed by atoms with Crippen LogP contribution in [0, 0.1) is 0 Å². The molecule has 0 amide bonds. The molecule has 0 unspecified atom stereocenters. The van der Waals surface area contributed by atoms with Crippen molar-refractivity contribution < 1.29 is 4.74 Å². The molecule has 2 saturated heterocycles. The molecule has 16 heavy (non-hydrogen) atoms. The van der Waals surface area contributed by atoms with Gasteiger partial charge in [-0.15, -0.1) is 0 Å². The van der Waals surface area contributed by atoms with Crippen LogP contribution in [0.3, 0.4) is 0 Å². The SMILES string of the molecule is Clc1cccc(CN2CC[C@H]3O[C@@H]3C2)c1Cl. The first-order valence-electron chi connectivity index (χ1n) is 5.55. The summed E-state index contributed by atoms with van der Waals surface area (Å²) in [6.45, 7) is 2.98. The topological polar surface area (TPSA) is 15.8 Å². The molecule has 3 rings (SSSR count). The summed E-state index contributed by atoms with van der Waals surface area (Å²) in [5.74, 6) is 0. The molecule has 4 heteroatoms. The summed E-state index contributed by atoms with van der Waals surface area (Å²) < 4.78 is 5.50. The lowest BCUT2D eigenvalue weighted by molar-refractivity contribution is 0.237. The van der Waals surface area contributed by atoms with E-state index in [9.17, 15) is 0 Å². The molecule has 0 radical (unpaired) electrons. The van der Waals surface area contributed by atoms with Crippen molar-refractivity contribution in [2.75, 3.05) is 13.1 Å². The largest absolute Gasteiger partial charge is 0.368 e. The average molecular weight is 258 g/mol. The Kier molecular flexibility index (Phi) is 2.84. The van der Waals surface area contributed by atoms with Gasteiger partial charge in [-0.2, -0.15) is 0 Å². The number of benzene rings is 1. The molecule has 0 bridgehead atoms. The van der Waals surface area contributed by atoms with Gasteiger partial charge in [0.25, 0.3) is 0 Å². The van der Waals surface area contributed by atoms with Gasteiger partial charge in [0, 0.05) is 19.6 Å².